The van der Waals surface area contributed by atoms with Crippen molar-refractivity contribution in [2.24, 2.45) is 0 Å². The number of rotatable bonds is 8. The molecule has 0 radical (unpaired) electrons. The van der Waals surface area contributed by atoms with E-state index >= 15 is 0 Å². The average Bonchev–Trinajstić information content (AvgIpc) is 2.54. The molecule has 0 saturated carbocycles. The molecule has 2 rings (SSSR count). The summed E-state index contributed by atoms with van der Waals surface area (Å²) in [5.41, 5.74) is 1.89. The van der Waals surface area contributed by atoms with Gasteiger partial charge in [-0.3, -0.25) is 4.98 Å². The van der Waals surface area contributed by atoms with Gasteiger partial charge in [-0.25, -0.2) is 0 Å². The summed E-state index contributed by atoms with van der Waals surface area (Å²) in [6.07, 6.45) is 5.32. The number of aliphatic hydroxyl groups is 1. The lowest BCUT2D eigenvalue weighted by Crippen LogP contribution is -2.04. The molecular formula is C17H21NO3. The fourth-order valence-corrected chi connectivity index (χ4v) is 1.93. The SMILES string of the molecule is CCCOc1ccc(CO)c(OCCc2cccnc2)c1. The second kappa shape index (κ2) is 8.27. The predicted molar refractivity (Wildman–Crippen MR) is 81.6 cm³/mol. The van der Waals surface area contributed by atoms with Crippen LogP contribution in [0.25, 0.3) is 0 Å². The molecule has 1 aromatic heterocycles. The maximum Gasteiger partial charge on any atom is 0.128 e. The lowest BCUT2D eigenvalue weighted by Gasteiger charge is -2.12. The fourth-order valence-electron chi connectivity index (χ4n) is 1.93. The number of benzene rings is 1. The van der Waals surface area contributed by atoms with Crippen LogP contribution in [0.15, 0.2) is 42.7 Å². The van der Waals surface area contributed by atoms with E-state index in [-0.39, 0.29) is 6.61 Å². The first-order chi connectivity index (χ1) is 10.3. The highest BCUT2D eigenvalue weighted by Gasteiger charge is 2.06. The van der Waals surface area contributed by atoms with Crippen LogP contribution in [0.2, 0.25) is 0 Å². The van der Waals surface area contributed by atoms with Crippen LogP contribution in [0.3, 0.4) is 0 Å². The summed E-state index contributed by atoms with van der Waals surface area (Å²) in [6, 6.07) is 9.46. The van der Waals surface area contributed by atoms with Gasteiger partial charge in [-0.2, -0.15) is 0 Å². The number of aromatic nitrogens is 1. The van der Waals surface area contributed by atoms with Crippen molar-refractivity contribution >= 4 is 0 Å². The second-order valence-corrected chi connectivity index (χ2v) is 4.74. The van der Waals surface area contributed by atoms with Crippen molar-refractivity contribution in [3.8, 4) is 11.5 Å². The van der Waals surface area contributed by atoms with E-state index in [0.717, 1.165) is 29.7 Å². The van der Waals surface area contributed by atoms with Gasteiger partial charge in [-0.15, -0.1) is 0 Å². The molecule has 21 heavy (non-hydrogen) atoms. The quantitative estimate of drug-likeness (QED) is 0.811. The van der Waals surface area contributed by atoms with Gasteiger partial charge < -0.3 is 14.6 Å². The van der Waals surface area contributed by atoms with E-state index in [2.05, 4.69) is 11.9 Å². The maximum absolute atomic E-state index is 9.37. The molecule has 1 N–H and O–H groups in total. The Bertz CT molecular complexity index is 543. The summed E-state index contributed by atoms with van der Waals surface area (Å²) in [5.74, 6) is 1.44. The Hall–Kier alpha value is -2.07. The standard InChI is InChI=1S/C17H21NO3/c1-2-9-20-16-6-5-15(13-19)17(11-16)21-10-7-14-4-3-8-18-12-14/h3-6,8,11-12,19H,2,7,9-10,13H2,1H3. The Morgan fingerprint density at radius 3 is 2.76 bits per heavy atom. The third kappa shape index (κ3) is 4.76. The number of nitrogens with zero attached hydrogens (tertiary/aromatic N) is 1. The van der Waals surface area contributed by atoms with Crippen LogP contribution >= 0.6 is 0 Å². The molecule has 0 aliphatic heterocycles. The highest BCUT2D eigenvalue weighted by molar-refractivity contribution is 5.40. The van der Waals surface area contributed by atoms with Crippen LogP contribution in [-0.2, 0) is 13.0 Å². The zero-order valence-corrected chi connectivity index (χ0v) is 12.3. The molecule has 112 valence electrons. The fraction of sp³-hybridized carbons (Fsp3) is 0.353. The molecule has 4 heteroatoms. The van der Waals surface area contributed by atoms with Gasteiger partial charge in [0.25, 0.3) is 0 Å². The molecule has 0 bridgehead atoms. The molecule has 0 unspecified atom stereocenters. The molecule has 2 aromatic rings. The number of hydrogen-bond acceptors (Lipinski definition) is 4. The Kier molecular flexibility index (Phi) is 6.03. The van der Waals surface area contributed by atoms with Gasteiger partial charge in [0.1, 0.15) is 11.5 Å². The monoisotopic (exact) mass is 287 g/mol. The Balaban J connectivity index is 1.96. The zero-order chi connectivity index (χ0) is 14.9. The van der Waals surface area contributed by atoms with Crippen molar-refractivity contribution in [1.82, 2.24) is 4.98 Å². The molecule has 1 aromatic carbocycles. The highest BCUT2D eigenvalue weighted by atomic mass is 16.5. The lowest BCUT2D eigenvalue weighted by molar-refractivity contribution is 0.261. The van der Waals surface area contributed by atoms with Crippen LogP contribution in [0.1, 0.15) is 24.5 Å². The van der Waals surface area contributed by atoms with Crippen molar-refractivity contribution < 1.29 is 14.6 Å². The van der Waals surface area contributed by atoms with Gasteiger partial charge in [0.05, 0.1) is 19.8 Å². The molecular weight excluding hydrogens is 266 g/mol. The van der Waals surface area contributed by atoms with Crippen molar-refractivity contribution in [3.63, 3.8) is 0 Å². The normalized spacial score (nSPS) is 10.4. The van der Waals surface area contributed by atoms with Crippen LogP contribution in [0, 0.1) is 0 Å². The van der Waals surface area contributed by atoms with Gasteiger partial charge in [0.15, 0.2) is 0 Å². The van der Waals surface area contributed by atoms with E-state index in [9.17, 15) is 5.11 Å². The lowest BCUT2D eigenvalue weighted by atomic mass is 10.2. The second-order valence-electron chi connectivity index (χ2n) is 4.74. The Morgan fingerprint density at radius 1 is 1.14 bits per heavy atom. The highest BCUT2D eigenvalue weighted by Crippen LogP contribution is 2.25. The van der Waals surface area contributed by atoms with Gasteiger partial charge in [0.2, 0.25) is 0 Å². The van der Waals surface area contributed by atoms with Crippen molar-refractivity contribution in [2.45, 2.75) is 26.4 Å². The average molecular weight is 287 g/mol. The molecule has 0 saturated heterocycles. The zero-order valence-electron chi connectivity index (χ0n) is 12.3. The minimum absolute atomic E-state index is 0.0454. The first kappa shape index (κ1) is 15.3. The van der Waals surface area contributed by atoms with E-state index in [1.54, 1.807) is 6.20 Å². The van der Waals surface area contributed by atoms with E-state index < -0.39 is 0 Å². The third-order valence-corrected chi connectivity index (χ3v) is 3.05. The minimum atomic E-state index is -0.0454. The van der Waals surface area contributed by atoms with Crippen molar-refractivity contribution in [1.29, 1.82) is 0 Å². The number of aliphatic hydroxyl groups excluding tert-OH is 1. The molecule has 0 amide bonds. The summed E-state index contributed by atoms with van der Waals surface area (Å²) < 4.78 is 11.4. The van der Waals surface area contributed by atoms with Crippen LogP contribution in [0.4, 0.5) is 0 Å². The van der Waals surface area contributed by atoms with E-state index in [0.29, 0.717) is 19.0 Å². The van der Waals surface area contributed by atoms with Gasteiger partial charge in [0, 0.05) is 30.4 Å². The number of hydrogen-bond donors (Lipinski definition) is 1. The van der Waals surface area contributed by atoms with Crippen LogP contribution in [-0.4, -0.2) is 23.3 Å². The predicted octanol–water partition coefficient (Wildman–Crippen LogP) is 2.98. The minimum Gasteiger partial charge on any atom is -0.493 e. The van der Waals surface area contributed by atoms with E-state index in [1.807, 2.05) is 36.5 Å². The first-order valence-electron chi connectivity index (χ1n) is 7.21. The smallest absolute Gasteiger partial charge is 0.128 e. The topological polar surface area (TPSA) is 51.6 Å². The first-order valence-corrected chi connectivity index (χ1v) is 7.21. The van der Waals surface area contributed by atoms with Crippen LogP contribution < -0.4 is 9.47 Å². The summed E-state index contributed by atoms with van der Waals surface area (Å²) >= 11 is 0. The van der Waals surface area contributed by atoms with E-state index in [1.165, 1.54) is 0 Å². The molecule has 4 nitrogen and oxygen atoms in total. The Morgan fingerprint density at radius 2 is 2.05 bits per heavy atom. The summed E-state index contributed by atoms with van der Waals surface area (Å²) in [5, 5.41) is 9.37. The van der Waals surface area contributed by atoms with Gasteiger partial charge >= 0.3 is 0 Å². The maximum atomic E-state index is 9.37. The Labute approximate surface area is 125 Å². The largest absolute Gasteiger partial charge is 0.493 e. The molecule has 0 atom stereocenters. The molecule has 0 fully saturated rings. The van der Waals surface area contributed by atoms with Crippen molar-refractivity contribution in [2.75, 3.05) is 13.2 Å². The molecule has 0 aliphatic carbocycles. The van der Waals surface area contributed by atoms with E-state index in [4.69, 9.17) is 9.47 Å². The van der Waals surface area contributed by atoms with Crippen molar-refractivity contribution in [3.05, 3.63) is 53.9 Å². The number of ether oxygens (including phenoxy) is 2. The van der Waals surface area contributed by atoms with Gasteiger partial charge in [-0.05, 0) is 30.2 Å². The summed E-state index contributed by atoms with van der Waals surface area (Å²) in [6.45, 7) is 3.23. The molecule has 0 spiro atoms. The summed E-state index contributed by atoms with van der Waals surface area (Å²) in [4.78, 5) is 4.08. The number of pyridine rings is 1. The van der Waals surface area contributed by atoms with Crippen LogP contribution in [0.5, 0.6) is 11.5 Å². The molecule has 1 heterocycles. The third-order valence-electron chi connectivity index (χ3n) is 3.05. The molecule has 0 aliphatic rings. The van der Waals surface area contributed by atoms with Gasteiger partial charge in [-0.1, -0.05) is 13.0 Å². The summed E-state index contributed by atoms with van der Waals surface area (Å²) in [7, 11) is 0.